The van der Waals surface area contributed by atoms with Crippen molar-refractivity contribution in [3.8, 4) is 0 Å². The molecule has 44 heavy (non-hydrogen) atoms. The number of unbranched alkanes of at least 4 members (excludes halogenated alkanes) is 1. The van der Waals surface area contributed by atoms with E-state index in [9.17, 15) is 9.59 Å². The number of nitrogens with one attached hydrogen (secondary N) is 4. The zero-order chi connectivity index (χ0) is 33.2. The summed E-state index contributed by atoms with van der Waals surface area (Å²) in [5.41, 5.74) is 4.08. The maximum absolute atomic E-state index is 12.8. The fraction of sp³-hybridized carbons (Fsp3) is 0.548. The van der Waals surface area contributed by atoms with E-state index in [0.29, 0.717) is 17.9 Å². The quantitative estimate of drug-likeness (QED) is 0.105. The zero-order valence-corrected chi connectivity index (χ0v) is 32.8. The third-order valence-corrected chi connectivity index (χ3v) is 20.0. The lowest BCUT2D eigenvalue weighted by atomic mass is 10.1. The van der Waals surface area contributed by atoms with E-state index >= 15 is 0 Å². The van der Waals surface area contributed by atoms with E-state index in [2.05, 4.69) is 87.1 Å². The number of urea groups is 2. The molecule has 1 unspecified atom stereocenters. The highest BCUT2D eigenvalue weighted by Gasteiger charge is 2.44. The summed E-state index contributed by atoms with van der Waals surface area (Å²) in [7, 11) is -8.52. The molecule has 0 heterocycles. The van der Waals surface area contributed by atoms with E-state index in [1.54, 1.807) is 6.07 Å². The molecule has 0 spiro atoms. The Bertz CT molecular complexity index is 1230. The Kier molecular flexibility index (Phi) is 14.1. The smallest absolute Gasteiger partial charge is 0.323 e. The highest BCUT2D eigenvalue weighted by Crippen LogP contribution is 2.28. The van der Waals surface area contributed by atoms with Gasteiger partial charge in [-0.05, 0) is 127 Å². The number of hydrogen-bond donors (Lipinski definition) is 4. The van der Waals surface area contributed by atoms with Crippen LogP contribution in [-0.2, 0) is 18.8 Å². The van der Waals surface area contributed by atoms with Gasteiger partial charge in [0.05, 0.1) is 0 Å². The zero-order valence-electron chi connectivity index (χ0n) is 28.8. The first kappa shape index (κ1) is 37.9. The highest BCUT2D eigenvalue weighted by atomic mass is 28.5. The van der Waals surface area contributed by atoms with Gasteiger partial charge >= 0.3 is 29.2 Å². The second kappa shape index (κ2) is 16.3. The normalized spacial score (nSPS) is 13.6. The summed E-state index contributed by atoms with van der Waals surface area (Å²) in [4.78, 5) is 25.4. The fourth-order valence-corrected chi connectivity index (χ4v) is 23.0. The lowest BCUT2D eigenvalue weighted by Crippen LogP contribution is -2.57. The Morgan fingerprint density at radius 2 is 1.30 bits per heavy atom. The molecule has 2 aromatic rings. The Labute approximate surface area is 270 Å². The minimum Gasteiger partial charge on any atom is -0.437 e. The maximum atomic E-state index is 12.8. The lowest BCUT2D eigenvalue weighted by molar-refractivity contribution is 0.251. The van der Waals surface area contributed by atoms with Crippen molar-refractivity contribution in [3.05, 3.63) is 53.6 Å². The standard InChI is InChI=1S/C31H56N4O5Si4/c1-12-13-15-26-17-20-27(21-18-26)33-31(37)34-28-19-16-25(2)29(24-28)35-30(36)32-22-14-23-44(11,39-42(6,7)8)40-43(9,10)38-41(3,4)5/h16-21,24H,12-15,22-23H2,1-11H3,(H2,32,35,36)(H2,33,34,37). The van der Waals surface area contributed by atoms with Crippen molar-refractivity contribution in [2.24, 2.45) is 0 Å². The lowest BCUT2D eigenvalue weighted by Gasteiger charge is -2.41. The summed E-state index contributed by atoms with van der Waals surface area (Å²) in [6, 6.07) is 13.5. The largest absolute Gasteiger partial charge is 0.437 e. The molecule has 4 amide bonds. The van der Waals surface area contributed by atoms with Crippen molar-refractivity contribution >= 4 is 62.9 Å². The van der Waals surface area contributed by atoms with Gasteiger partial charge in [0.15, 0.2) is 16.6 Å². The molecule has 1 atom stereocenters. The van der Waals surface area contributed by atoms with Gasteiger partial charge in [-0.1, -0.05) is 31.5 Å². The molecule has 2 aromatic carbocycles. The molecule has 0 radical (unpaired) electrons. The van der Waals surface area contributed by atoms with E-state index < -0.39 is 33.8 Å². The predicted octanol–water partition coefficient (Wildman–Crippen LogP) is 8.99. The number of amides is 4. The third kappa shape index (κ3) is 15.1. The van der Waals surface area contributed by atoms with Crippen LogP contribution in [0.5, 0.6) is 0 Å². The first-order chi connectivity index (χ1) is 20.3. The molecular weight excluding hydrogens is 621 g/mol. The minimum atomic E-state index is -2.53. The van der Waals surface area contributed by atoms with Crippen LogP contribution in [-0.4, -0.2) is 52.4 Å². The van der Waals surface area contributed by atoms with E-state index in [-0.39, 0.29) is 12.1 Å². The SMILES string of the molecule is CCCCc1ccc(NC(=O)Nc2ccc(C)c(NC(=O)NCCC[Si](C)(O[Si](C)(C)C)O[Si](C)(C)O[Si](C)(C)C)c2)cc1. The van der Waals surface area contributed by atoms with Crippen LogP contribution in [0.2, 0.25) is 65.0 Å². The van der Waals surface area contributed by atoms with E-state index in [4.69, 9.17) is 12.3 Å². The van der Waals surface area contributed by atoms with Crippen molar-refractivity contribution < 1.29 is 21.9 Å². The summed E-state index contributed by atoms with van der Waals surface area (Å²) in [6.07, 6.45) is 4.06. The molecule has 0 fully saturated rings. The molecular formula is C31H56N4O5Si4. The van der Waals surface area contributed by atoms with Gasteiger partial charge in [-0.15, -0.1) is 0 Å². The molecule has 4 N–H and O–H groups in total. The molecule has 13 heteroatoms. The number of benzene rings is 2. The summed E-state index contributed by atoms with van der Waals surface area (Å²) in [6.45, 7) is 24.0. The molecule has 0 aliphatic rings. The summed E-state index contributed by atoms with van der Waals surface area (Å²) in [5.74, 6) is 0. The first-order valence-electron chi connectivity index (χ1n) is 15.7. The van der Waals surface area contributed by atoms with Gasteiger partial charge in [-0.3, -0.25) is 0 Å². The van der Waals surface area contributed by atoms with Crippen molar-refractivity contribution in [2.75, 3.05) is 22.5 Å². The summed E-state index contributed by atoms with van der Waals surface area (Å²) >= 11 is 0. The van der Waals surface area contributed by atoms with Crippen LogP contribution in [0, 0.1) is 6.92 Å². The summed E-state index contributed by atoms with van der Waals surface area (Å²) < 4.78 is 19.8. The molecule has 0 bridgehead atoms. The third-order valence-electron chi connectivity index (χ3n) is 6.40. The van der Waals surface area contributed by atoms with Crippen LogP contribution >= 0.6 is 0 Å². The average Bonchev–Trinajstić information content (AvgIpc) is 2.85. The summed E-state index contributed by atoms with van der Waals surface area (Å²) in [5, 5.41) is 11.6. The van der Waals surface area contributed by atoms with E-state index in [1.165, 1.54) is 5.56 Å². The van der Waals surface area contributed by atoms with Gasteiger partial charge < -0.3 is 33.6 Å². The monoisotopic (exact) mass is 676 g/mol. The number of carbonyl (C=O) groups excluding carboxylic acids is 2. The van der Waals surface area contributed by atoms with Crippen LogP contribution in [0.4, 0.5) is 26.7 Å². The van der Waals surface area contributed by atoms with Gasteiger partial charge in [0.1, 0.15) is 0 Å². The second-order valence-corrected chi connectivity index (χ2v) is 30.4. The van der Waals surface area contributed by atoms with Gasteiger partial charge in [0.25, 0.3) is 0 Å². The maximum Gasteiger partial charge on any atom is 0.323 e. The van der Waals surface area contributed by atoms with Crippen LogP contribution in [0.25, 0.3) is 0 Å². The Balaban J connectivity index is 1.92. The Morgan fingerprint density at radius 3 is 1.89 bits per heavy atom. The highest BCUT2D eigenvalue weighted by molar-refractivity contribution is 6.89. The molecule has 0 aliphatic heterocycles. The first-order valence-corrected chi connectivity index (χ1v) is 27.9. The van der Waals surface area contributed by atoms with Crippen molar-refractivity contribution in [2.45, 2.75) is 104 Å². The molecule has 0 aliphatic carbocycles. The molecule has 9 nitrogen and oxygen atoms in total. The van der Waals surface area contributed by atoms with Gasteiger partial charge in [-0.25, -0.2) is 9.59 Å². The Morgan fingerprint density at radius 1 is 0.705 bits per heavy atom. The molecule has 0 saturated heterocycles. The van der Waals surface area contributed by atoms with Gasteiger partial charge in [0, 0.05) is 23.6 Å². The van der Waals surface area contributed by atoms with Crippen LogP contribution in [0.1, 0.15) is 37.3 Å². The van der Waals surface area contributed by atoms with Crippen molar-refractivity contribution in [3.63, 3.8) is 0 Å². The van der Waals surface area contributed by atoms with Crippen molar-refractivity contribution in [1.29, 1.82) is 0 Å². The number of hydrogen-bond acceptors (Lipinski definition) is 5. The topological polar surface area (TPSA) is 110 Å². The van der Waals surface area contributed by atoms with E-state index in [1.807, 2.05) is 43.3 Å². The van der Waals surface area contributed by atoms with Crippen LogP contribution < -0.4 is 21.3 Å². The predicted molar refractivity (Wildman–Crippen MR) is 194 cm³/mol. The Hall–Kier alpha value is -2.27. The average molecular weight is 677 g/mol. The fourth-order valence-electron chi connectivity index (χ4n) is 5.09. The van der Waals surface area contributed by atoms with E-state index in [0.717, 1.165) is 43.0 Å². The number of rotatable bonds is 16. The number of aryl methyl sites for hydroxylation is 2. The minimum absolute atomic E-state index is 0.301. The molecule has 0 aromatic heterocycles. The van der Waals surface area contributed by atoms with Crippen molar-refractivity contribution in [1.82, 2.24) is 5.32 Å². The molecule has 246 valence electrons. The number of anilines is 3. The number of carbonyl (C=O) groups is 2. The van der Waals surface area contributed by atoms with Gasteiger partial charge in [0.2, 0.25) is 0 Å². The van der Waals surface area contributed by atoms with Crippen LogP contribution in [0.3, 0.4) is 0 Å². The second-order valence-electron chi connectivity index (χ2n) is 14.0. The van der Waals surface area contributed by atoms with Gasteiger partial charge in [-0.2, -0.15) is 0 Å². The van der Waals surface area contributed by atoms with Crippen LogP contribution in [0.15, 0.2) is 42.5 Å². The molecule has 0 saturated carbocycles. The molecule has 2 rings (SSSR count).